The lowest BCUT2D eigenvalue weighted by Crippen LogP contribution is -2.78. The Balaban J connectivity index is 1.44. The molecule has 0 aromatic heterocycles. The Kier molecular flexibility index (Phi) is 10.6. The van der Waals surface area contributed by atoms with Crippen molar-refractivity contribution >= 4 is 29.8 Å². The quantitative estimate of drug-likeness (QED) is 0.121. The summed E-state index contributed by atoms with van der Waals surface area (Å²) in [5.74, 6) is -4.64. The molecule has 0 radical (unpaired) electrons. The highest BCUT2D eigenvalue weighted by Gasteiger charge is 2.83. The van der Waals surface area contributed by atoms with E-state index in [0.29, 0.717) is 5.56 Å². The highest BCUT2D eigenvalue weighted by molar-refractivity contribution is 5.91. The maximum Gasteiger partial charge on any atom is 0.338 e. The van der Waals surface area contributed by atoms with Crippen LogP contribution >= 0.6 is 0 Å². The fourth-order valence-corrected chi connectivity index (χ4v) is 9.15. The van der Waals surface area contributed by atoms with Crippen molar-refractivity contribution in [2.45, 2.75) is 76.2 Å². The van der Waals surface area contributed by atoms with E-state index in [2.05, 4.69) is 0 Å². The van der Waals surface area contributed by atoms with Gasteiger partial charge in [0.05, 0.1) is 27.9 Å². The minimum absolute atomic E-state index is 0.0345. The van der Waals surface area contributed by atoms with E-state index in [9.17, 15) is 24.0 Å². The van der Waals surface area contributed by atoms with Crippen LogP contribution in [0, 0.1) is 17.3 Å². The third kappa shape index (κ3) is 6.85. The number of fused-ring (bicyclic) bond motifs is 1. The highest BCUT2D eigenvalue weighted by atomic mass is 16.6. The highest BCUT2D eigenvalue weighted by Crippen LogP contribution is 2.68. The van der Waals surface area contributed by atoms with Crippen LogP contribution in [-0.4, -0.2) is 72.1 Å². The predicted octanol–water partition coefficient (Wildman–Crippen LogP) is 7.05. The number of ether oxygens (including phenoxy) is 6. The second-order valence-corrected chi connectivity index (χ2v) is 15.3. The van der Waals surface area contributed by atoms with Crippen molar-refractivity contribution in [1.29, 1.82) is 0 Å². The standard InChI is InChI=1S/C45H44O11/c1-28-25-35(53-40(48)31-19-11-6-12-20-31)38(52-29(2)46)44(27-51-39(47)30-17-9-5-10-18-30)36(54-41(49)32-21-13-7-14-22-32)26-34-37(45(28,44)56-43(34,3)4)55-42(50)33-23-15-8-16-24-33/h5-24,28,34-38H,25-27H2,1-4H3/t28-,34-,35+,36+,37-,38+,44-,45-/m1/s1. The first-order chi connectivity index (χ1) is 26.9. The minimum Gasteiger partial charge on any atom is -0.461 e. The molecule has 1 saturated heterocycles. The molecule has 0 amide bonds. The van der Waals surface area contributed by atoms with Crippen molar-refractivity contribution in [3.63, 3.8) is 0 Å². The zero-order valence-electron chi connectivity index (χ0n) is 31.6. The second-order valence-electron chi connectivity index (χ2n) is 15.3. The van der Waals surface area contributed by atoms with E-state index in [1.807, 2.05) is 20.8 Å². The minimum atomic E-state index is -1.82. The molecule has 2 saturated carbocycles. The van der Waals surface area contributed by atoms with E-state index in [0.717, 1.165) is 0 Å². The van der Waals surface area contributed by atoms with Crippen LogP contribution in [-0.2, 0) is 33.2 Å². The smallest absolute Gasteiger partial charge is 0.338 e. The van der Waals surface area contributed by atoms with Gasteiger partial charge in [-0.3, -0.25) is 4.79 Å². The molecule has 1 aliphatic heterocycles. The van der Waals surface area contributed by atoms with Crippen LogP contribution in [0.1, 0.15) is 82.0 Å². The monoisotopic (exact) mass is 760 g/mol. The van der Waals surface area contributed by atoms with Crippen LogP contribution in [0.2, 0.25) is 0 Å². The number of carbonyl (C=O) groups is 5. The van der Waals surface area contributed by atoms with Crippen molar-refractivity contribution in [3.05, 3.63) is 144 Å². The summed E-state index contributed by atoms with van der Waals surface area (Å²) in [5.41, 5.74) is -3.43. The first kappa shape index (κ1) is 38.5. The molecule has 3 aliphatic rings. The number of benzene rings is 4. The SMILES string of the molecule is CC(=O)O[C@H]1[C@@H](OC(=O)c2ccccc2)C[C@@H](C)[C@]23OC(C)(C)[C@H](C[C@H](OC(=O)c4ccccc4)[C@]12COC(=O)c1ccccc1)[C@H]3OC(=O)c1ccccc1. The molecule has 11 nitrogen and oxygen atoms in total. The van der Waals surface area contributed by atoms with Gasteiger partial charge in [-0.1, -0.05) is 79.7 Å². The molecule has 8 atom stereocenters. The van der Waals surface area contributed by atoms with Crippen LogP contribution in [0.25, 0.3) is 0 Å². The molecular weight excluding hydrogens is 716 g/mol. The fraction of sp³-hybridized carbons (Fsp3) is 0.356. The first-order valence-corrected chi connectivity index (χ1v) is 18.7. The summed E-state index contributed by atoms with van der Waals surface area (Å²) >= 11 is 0. The normalized spacial score (nSPS) is 28.5. The van der Waals surface area contributed by atoms with E-state index >= 15 is 0 Å². The second kappa shape index (κ2) is 15.4. The lowest BCUT2D eigenvalue weighted by Gasteiger charge is -2.63. The third-order valence-electron chi connectivity index (χ3n) is 11.6. The Labute approximate surface area is 325 Å². The molecule has 0 N–H and O–H groups in total. The summed E-state index contributed by atoms with van der Waals surface area (Å²) in [5, 5.41) is 0. The van der Waals surface area contributed by atoms with Gasteiger partial charge in [-0.05, 0) is 81.1 Å². The molecule has 2 bridgehead atoms. The van der Waals surface area contributed by atoms with Crippen LogP contribution in [0.3, 0.4) is 0 Å². The maximum atomic E-state index is 14.1. The fourth-order valence-electron chi connectivity index (χ4n) is 9.15. The molecule has 1 heterocycles. The summed E-state index contributed by atoms with van der Waals surface area (Å²) in [6, 6.07) is 33.6. The van der Waals surface area contributed by atoms with Crippen molar-refractivity contribution in [3.8, 4) is 0 Å². The lowest BCUT2D eigenvalue weighted by atomic mass is 9.47. The van der Waals surface area contributed by atoms with Crippen molar-refractivity contribution in [1.82, 2.24) is 0 Å². The molecule has 4 aromatic carbocycles. The van der Waals surface area contributed by atoms with Gasteiger partial charge in [0.1, 0.15) is 35.9 Å². The Morgan fingerprint density at radius 3 is 1.52 bits per heavy atom. The lowest BCUT2D eigenvalue weighted by molar-refractivity contribution is -0.314. The molecule has 3 fully saturated rings. The molecule has 1 spiro atoms. The van der Waals surface area contributed by atoms with Gasteiger partial charge in [0.25, 0.3) is 0 Å². The van der Waals surface area contributed by atoms with Gasteiger partial charge in [-0.15, -0.1) is 0 Å². The molecule has 4 aromatic rings. The number of rotatable bonds is 10. The molecule has 290 valence electrons. The summed E-state index contributed by atoms with van der Waals surface area (Å²) in [4.78, 5) is 69.2. The van der Waals surface area contributed by atoms with Gasteiger partial charge in [-0.25, -0.2) is 19.2 Å². The van der Waals surface area contributed by atoms with Crippen molar-refractivity contribution in [2.24, 2.45) is 17.3 Å². The molecule has 0 unspecified atom stereocenters. The van der Waals surface area contributed by atoms with Crippen molar-refractivity contribution in [2.75, 3.05) is 6.61 Å². The molecule has 2 aliphatic carbocycles. The summed E-state index contributed by atoms with van der Waals surface area (Å²) in [7, 11) is 0. The average molecular weight is 761 g/mol. The zero-order valence-corrected chi connectivity index (χ0v) is 31.6. The number of hydrogen-bond acceptors (Lipinski definition) is 11. The zero-order chi connectivity index (χ0) is 39.7. The number of carbonyl (C=O) groups excluding carboxylic acids is 5. The molecular formula is C45H44O11. The predicted molar refractivity (Wildman–Crippen MR) is 201 cm³/mol. The van der Waals surface area contributed by atoms with E-state index in [-0.39, 0.29) is 29.5 Å². The van der Waals surface area contributed by atoms with E-state index in [1.54, 1.807) is 121 Å². The summed E-state index contributed by atoms with van der Waals surface area (Å²) in [6.07, 6.45) is -4.71. The van der Waals surface area contributed by atoms with Crippen LogP contribution < -0.4 is 0 Å². The van der Waals surface area contributed by atoms with Gasteiger partial charge >= 0.3 is 29.8 Å². The van der Waals surface area contributed by atoms with Gasteiger partial charge in [0.15, 0.2) is 6.10 Å². The van der Waals surface area contributed by atoms with Crippen LogP contribution in [0.5, 0.6) is 0 Å². The van der Waals surface area contributed by atoms with Crippen molar-refractivity contribution < 1.29 is 52.4 Å². The largest absolute Gasteiger partial charge is 0.461 e. The molecule has 11 heteroatoms. The number of hydrogen-bond donors (Lipinski definition) is 0. The Morgan fingerprint density at radius 1 is 0.589 bits per heavy atom. The Bertz CT molecular complexity index is 2070. The maximum absolute atomic E-state index is 14.1. The average Bonchev–Trinajstić information content (AvgIpc) is 3.37. The first-order valence-electron chi connectivity index (χ1n) is 18.7. The molecule has 7 rings (SSSR count). The van der Waals surface area contributed by atoms with E-state index in [1.165, 1.54) is 6.92 Å². The van der Waals surface area contributed by atoms with Gasteiger partial charge in [0.2, 0.25) is 0 Å². The van der Waals surface area contributed by atoms with Gasteiger partial charge in [0, 0.05) is 12.8 Å². The Hall–Kier alpha value is -5.81. The van der Waals surface area contributed by atoms with Gasteiger partial charge in [-0.2, -0.15) is 0 Å². The van der Waals surface area contributed by atoms with E-state index < -0.39 is 89.3 Å². The van der Waals surface area contributed by atoms with Crippen LogP contribution in [0.4, 0.5) is 0 Å². The summed E-state index contributed by atoms with van der Waals surface area (Å²) in [6.45, 7) is 6.27. The summed E-state index contributed by atoms with van der Waals surface area (Å²) < 4.78 is 39.0. The Morgan fingerprint density at radius 2 is 1.04 bits per heavy atom. The molecule has 56 heavy (non-hydrogen) atoms. The third-order valence-corrected chi connectivity index (χ3v) is 11.6. The van der Waals surface area contributed by atoms with E-state index in [4.69, 9.17) is 28.4 Å². The topological polar surface area (TPSA) is 141 Å². The number of esters is 5. The van der Waals surface area contributed by atoms with Gasteiger partial charge < -0.3 is 28.4 Å². The van der Waals surface area contributed by atoms with Crippen LogP contribution in [0.15, 0.2) is 121 Å².